The molecule has 2 saturated heterocycles. The van der Waals surface area contributed by atoms with Crippen LogP contribution in [0.3, 0.4) is 0 Å². The van der Waals surface area contributed by atoms with Crippen molar-refractivity contribution in [2.45, 2.75) is 22.8 Å². The molecule has 0 saturated carbocycles. The summed E-state index contributed by atoms with van der Waals surface area (Å²) in [6, 6.07) is 5.26. The fourth-order valence-corrected chi connectivity index (χ4v) is 6.22. The minimum Gasteiger partial charge on any atom is -0.392 e. The van der Waals surface area contributed by atoms with Crippen molar-refractivity contribution >= 4 is 43.2 Å². The van der Waals surface area contributed by atoms with Crippen molar-refractivity contribution in [3.05, 3.63) is 23.4 Å². The van der Waals surface area contributed by atoms with Gasteiger partial charge in [-0.3, -0.25) is 4.90 Å². The number of aliphatic hydroxyl groups excluding tert-OH is 1. The number of fused-ring (bicyclic) bond motifs is 1. The highest BCUT2D eigenvalue weighted by atomic mass is 35.5. The Kier molecular flexibility index (Phi) is 3.86. The van der Waals surface area contributed by atoms with Gasteiger partial charge in [0.25, 0.3) is 10.0 Å². The van der Waals surface area contributed by atoms with Crippen LogP contribution in [-0.2, 0) is 10.0 Å². The SMILES string of the molecule is O=S(=O)(c1cc2nc(Cl)ccc2s1)N1CC(N2CC[C@@H](O)C2)C1. The summed E-state index contributed by atoms with van der Waals surface area (Å²) in [7, 11) is -3.47. The molecule has 4 rings (SSSR count). The van der Waals surface area contributed by atoms with Crippen molar-refractivity contribution in [2.75, 3.05) is 26.2 Å². The van der Waals surface area contributed by atoms with Crippen molar-refractivity contribution in [1.82, 2.24) is 14.2 Å². The van der Waals surface area contributed by atoms with E-state index >= 15 is 0 Å². The van der Waals surface area contributed by atoms with Crippen LogP contribution in [0.5, 0.6) is 0 Å². The third-order valence-electron chi connectivity index (χ3n) is 4.45. The number of sulfonamides is 1. The van der Waals surface area contributed by atoms with Crippen LogP contribution < -0.4 is 0 Å². The fourth-order valence-electron chi connectivity index (χ4n) is 3.07. The van der Waals surface area contributed by atoms with Crippen LogP contribution in [-0.4, -0.2) is 66.0 Å². The smallest absolute Gasteiger partial charge is 0.252 e. The number of β-amino-alcohol motifs (C(OH)–C–C–N with tert-alkyl or cyclic N) is 1. The van der Waals surface area contributed by atoms with Gasteiger partial charge in [-0.15, -0.1) is 11.3 Å². The third kappa shape index (κ3) is 2.77. The average molecular weight is 374 g/mol. The summed E-state index contributed by atoms with van der Waals surface area (Å²) < 4.78 is 28.0. The Hall–Kier alpha value is -0.770. The van der Waals surface area contributed by atoms with Crippen LogP contribution >= 0.6 is 22.9 Å². The third-order valence-corrected chi connectivity index (χ3v) is 8.03. The van der Waals surface area contributed by atoms with Crippen molar-refractivity contribution < 1.29 is 13.5 Å². The molecule has 0 aliphatic carbocycles. The van der Waals surface area contributed by atoms with E-state index in [2.05, 4.69) is 9.88 Å². The maximum atomic E-state index is 12.7. The largest absolute Gasteiger partial charge is 0.392 e. The summed E-state index contributed by atoms with van der Waals surface area (Å²) in [4.78, 5) is 6.33. The van der Waals surface area contributed by atoms with Gasteiger partial charge >= 0.3 is 0 Å². The molecule has 0 aromatic carbocycles. The number of likely N-dealkylation sites (tertiary alicyclic amines) is 1. The summed E-state index contributed by atoms with van der Waals surface area (Å²) in [5.74, 6) is 0. The van der Waals surface area contributed by atoms with E-state index in [-0.39, 0.29) is 12.1 Å². The van der Waals surface area contributed by atoms with Crippen LogP contribution in [0.25, 0.3) is 10.2 Å². The van der Waals surface area contributed by atoms with Crippen LogP contribution in [0.1, 0.15) is 6.42 Å². The Morgan fingerprint density at radius 1 is 1.30 bits per heavy atom. The molecule has 2 aliphatic heterocycles. The van der Waals surface area contributed by atoms with Crippen molar-refractivity contribution in [3.63, 3.8) is 0 Å². The van der Waals surface area contributed by atoms with Gasteiger partial charge in [0.1, 0.15) is 9.36 Å². The normalized spacial score (nSPS) is 24.3. The predicted molar refractivity (Wildman–Crippen MR) is 89.4 cm³/mol. The zero-order chi connectivity index (χ0) is 16.2. The van der Waals surface area contributed by atoms with Crippen LogP contribution in [0.15, 0.2) is 22.4 Å². The number of aromatic nitrogens is 1. The molecular formula is C14H16ClN3O3S2. The first-order valence-electron chi connectivity index (χ1n) is 7.42. The van der Waals surface area contributed by atoms with E-state index in [1.165, 1.54) is 15.6 Å². The predicted octanol–water partition coefficient (Wildman–Crippen LogP) is 1.39. The van der Waals surface area contributed by atoms with Crippen LogP contribution in [0.2, 0.25) is 5.15 Å². The molecule has 2 aliphatic rings. The van der Waals surface area contributed by atoms with Crippen molar-refractivity contribution in [1.29, 1.82) is 0 Å². The van der Waals surface area contributed by atoms with E-state index in [9.17, 15) is 13.5 Å². The molecule has 0 spiro atoms. The molecule has 2 aromatic heterocycles. The van der Waals surface area contributed by atoms with E-state index < -0.39 is 10.0 Å². The Balaban J connectivity index is 1.52. The number of hydrogen-bond donors (Lipinski definition) is 1. The van der Waals surface area contributed by atoms with Crippen molar-refractivity contribution in [2.24, 2.45) is 0 Å². The first kappa shape index (κ1) is 15.7. The molecule has 4 heterocycles. The molecule has 0 unspecified atom stereocenters. The number of pyridine rings is 1. The lowest BCUT2D eigenvalue weighted by atomic mass is 10.1. The second-order valence-corrected chi connectivity index (χ2v) is 9.63. The molecule has 2 aromatic rings. The molecule has 0 bridgehead atoms. The molecule has 0 radical (unpaired) electrons. The lowest BCUT2D eigenvalue weighted by molar-refractivity contribution is 0.0921. The second kappa shape index (κ2) is 5.65. The highest BCUT2D eigenvalue weighted by Crippen LogP contribution is 2.33. The van der Waals surface area contributed by atoms with Crippen LogP contribution in [0, 0.1) is 0 Å². The maximum Gasteiger partial charge on any atom is 0.252 e. The quantitative estimate of drug-likeness (QED) is 0.823. The molecular weight excluding hydrogens is 358 g/mol. The first-order valence-corrected chi connectivity index (χ1v) is 10.1. The molecule has 1 atom stereocenters. The standard InChI is InChI=1S/C14H16ClN3O3S2/c15-13-2-1-12-11(16-13)5-14(22-12)23(20,21)18-6-9(7-18)17-4-3-10(19)8-17/h1-2,5,9-10,19H,3-4,6-8H2/t10-/m1/s1. The van der Waals surface area contributed by atoms with Gasteiger partial charge in [-0.2, -0.15) is 4.31 Å². The number of thiophene rings is 1. The molecule has 1 N–H and O–H groups in total. The summed E-state index contributed by atoms with van der Waals surface area (Å²) >= 11 is 7.07. The summed E-state index contributed by atoms with van der Waals surface area (Å²) in [5, 5.41) is 9.94. The molecule has 6 nitrogen and oxygen atoms in total. The van der Waals surface area contributed by atoms with Gasteiger partial charge in [0.05, 0.1) is 16.3 Å². The van der Waals surface area contributed by atoms with Gasteiger partial charge in [-0.05, 0) is 24.6 Å². The Morgan fingerprint density at radius 3 is 2.78 bits per heavy atom. The van der Waals surface area contributed by atoms with E-state index in [1.54, 1.807) is 18.2 Å². The second-order valence-electron chi connectivity index (χ2n) is 6.00. The average Bonchev–Trinajstić information content (AvgIpc) is 3.03. The zero-order valence-corrected chi connectivity index (χ0v) is 14.6. The maximum absolute atomic E-state index is 12.7. The zero-order valence-electron chi connectivity index (χ0n) is 12.2. The van der Waals surface area contributed by atoms with Gasteiger partial charge in [0, 0.05) is 32.2 Å². The van der Waals surface area contributed by atoms with Gasteiger partial charge in [-0.25, -0.2) is 13.4 Å². The summed E-state index contributed by atoms with van der Waals surface area (Å²) in [5.41, 5.74) is 0.612. The highest BCUT2D eigenvalue weighted by Gasteiger charge is 2.42. The van der Waals surface area contributed by atoms with Gasteiger partial charge < -0.3 is 5.11 Å². The van der Waals surface area contributed by atoms with Crippen LogP contribution in [0.4, 0.5) is 0 Å². The Labute approximate surface area is 143 Å². The van der Waals surface area contributed by atoms with Gasteiger partial charge in [0.2, 0.25) is 0 Å². The fraction of sp³-hybridized carbons (Fsp3) is 0.500. The Bertz CT molecular complexity index is 848. The molecule has 2 fully saturated rings. The summed E-state index contributed by atoms with van der Waals surface area (Å²) in [6.07, 6.45) is 0.491. The highest BCUT2D eigenvalue weighted by molar-refractivity contribution is 7.91. The lowest BCUT2D eigenvalue weighted by Crippen LogP contribution is -2.60. The van der Waals surface area contributed by atoms with E-state index in [4.69, 9.17) is 11.6 Å². The molecule has 0 amide bonds. The molecule has 23 heavy (non-hydrogen) atoms. The number of halogens is 1. The van der Waals surface area contributed by atoms with E-state index in [1.807, 2.05) is 0 Å². The topological polar surface area (TPSA) is 73.7 Å². The lowest BCUT2D eigenvalue weighted by Gasteiger charge is -2.42. The van der Waals surface area contributed by atoms with E-state index in [0.29, 0.717) is 34.5 Å². The molecule has 9 heteroatoms. The summed E-state index contributed by atoms with van der Waals surface area (Å²) in [6.45, 7) is 2.45. The number of rotatable bonds is 3. The number of aliphatic hydroxyl groups is 1. The van der Waals surface area contributed by atoms with E-state index in [0.717, 1.165) is 17.7 Å². The molecule has 124 valence electrons. The monoisotopic (exact) mass is 373 g/mol. The van der Waals surface area contributed by atoms with Gasteiger partial charge in [0.15, 0.2) is 0 Å². The minimum absolute atomic E-state index is 0.212. The first-order chi connectivity index (χ1) is 10.9. The minimum atomic E-state index is -3.47. The van der Waals surface area contributed by atoms with Gasteiger partial charge in [-0.1, -0.05) is 11.6 Å². The van der Waals surface area contributed by atoms with Crippen molar-refractivity contribution in [3.8, 4) is 0 Å². The number of hydrogen-bond acceptors (Lipinski definition) is 6. The Morgan fingerprint density at radius 2 is 2.09 bits per heavy atom. The number of nitrogens with zero attached hydrogens (tertiary/aromatic N) is 3.